The Morgan fingerprint density at radius 1 is 1.16 bits per heavy atom. The second-order valence-corrected chi connectivity index (χ2v) is 5.90. The van der Waals surface area contributed by atoms with Crippen LogP contribution < -0.4 is 15.5 Å². The molecule has 3 rings (SSSR count). The van der Waals surface area contributed by atoms with Gasteiger partial charge in [0, 0.05) is 14.1 Å². The molecule has 7 nitrogen and oxygen atoms in total. The van der Waals surface area contributed by atoms with E-state index in [0.29, 0.717) is 23.6 Å². The van der Waals surface area contributed by atoms with Gasteiger partial charge < -0.3 is 20.2 Å². The molecule has 130 valence electrons. The fraction of sp³-hybridized carbons (Fsp3) is 0.222. The summed E-state index contributed by atoms with van der Waals surface area (Å²) in [6.07, 6.45) is -0.311. The predicted octanol–water partition coefficient (Wildman–Crippen LogP) is 2.31. The van der Waals surface area contributed by atoms with E-state index >= 15 is 0 Å². The molecule has 2 aromatic carbocycles. The molecule has 2 aromatic rings. The second kappa shape index (κ2) is 6.82. The predicted molar refractivity (Wildman–Crippen MR) is 92.3 cm³/mol. The summed E-state index contributed by atoms with van der Waals surface area (Å²) in [5.41, 5.74) is 7.16. The fourth-order valence-electron chi connectivity index (χ4n) is 2.46. The zero-order valence-corrected chi connectivity index (χ0v) is 14.0. The standard InChI is InChI=1S/C18H19N3O4/c1-20(2)18(23)25-21-16-9-8-14(24-13-6-4-3-5-7-13)10-12(16)11-15(19)17(21)22/h3-10,15H,11,19H2,1-2H3. The highest BCUT2D eigenvalue weighted by Gasteiger charge is 2.34. The zero-order valence-electron chi connectivity index (χ0n) is 14.0. The molecule has 2 amide bonds. The molecule has 0 radical (unpaired) electrons. The summed E-state index contributed by atoms with van der Waals surface area (Å²) in [5.74, 6) is 0.860. The molecule has 1 atom stereocenters. The maximum atomic E-state index is 12.3. The lowest BCUT2D eigenvalue weighted by Gasteiger charge is -2.31. The number of nitrogens with zero attached hydrogens (tertiary/aromatic N) is 2. The van der Waals surface area contributed by atoms with E-state index in [0.717, 1.165) is 10.6 Å². The van der Waals surface area contributed by atoms with Crippen LogP contribution in [0.4, 0.5) is 10.5 Å². The van der Waals surface area contributed by atoms with E-state index < -0.39 is 18.0 Å². The highest BCUT2D eigenvalue weighted by atomic mass is 16.7. The van der Waals surface area contributed by atoms with Gasteiger partial charge in [-0.3, -0.25) is 4.79 Å². The minimum atomic E-state index is -0.783. The molecule has 0 fully saturated rings. The summed E-state index contributed by atoms with van der Waals surface area (Å²) in [6, 6.07) is 13.8. The van der Waals surface area contributed by atoms with E-state index in [1.54, 1.807) is 18.2 Å². The molecule has 7 heteroatoms. The maximum absolute atomic E-state index is 12.3. The van der Waals surface area contributed by atoms with E-state index in [1.165, 1.54) is 19.0 Å². The zero-order chi connectivity index (χ0) is 18.0. The number of amides is 2. The Morgan fingerprint density at radius 3 is 2.56 bits per heavy atom. The van der Waals surface area contributed by atoms with Gasteiger partial charge >= 0.3 is 6.09 Å². The Labute approximate surface area is 145 Å². The average molecular weight is 341 g/mol. The van der Waals surface area contributed by atoms with Gasteiger partial charge in [-0.2, -0.15) is 0 Å². The van der Waals surface area contributed by atoms with Crippen LogP contribution in [-0.2, 0) is 16.1 Å². The molecule has 1 aliphatic rings. The fourth-order valence-corrected chi connectivity index (χ4v) is 2.46. The lowest BCUT2D eigenvalue weighted by atomic mass is 9.99. The first-order chi connectivity index (χ1) is 12.0. The smallest absolute Gasteiger partial charge is 0.434 e. The maximum Gasteiger partial charge on any atom is 0.434 e. The number of rotatable bonds is 3. The second-order valence-electron chi connectivity index (χ2n) is 5.90. The molecular formula is C18H19N3O4. The molecule has 1 unspecified atom stereocenters. The Bertz CT molecular complexity index is 792. The average Bonchev–Trinajstić information content (AvgIpc) is 2.59. The number of benzene rings is 2. The molecule has 1 aliphatic heterocycles. The first-order valence-electron chi connectivity index (χ1n) is 7.80. The van der Waals surface area contributed by atoms with Gasteiger partial charge in [-0.05, 0) is 42.3 Å². The number of carbonyl (C=O) groups is 2. The molecule has 2 N–H and O–H groups in total. The molecular weight excluding hydrogens is 322 g/mol. The van der Waals surface area contributed by atoms with Gasteiger partial charge in [-0.25, -0.2) is 4.79 Å². The summed E-state index contributed by atoms with van der Waals surface area (Å²) in [7, 11) is 3.07. The molecule has 0 saturated carbocycles. The van der Waals surface area contributed by atoms with Crippen LogP contribution in [0.25, 0.3) is 0 Å². The minimum absolute atomic E-state index is 0.343. The van der Waals surface area contributed by atoms with Crippen LogP contribution in [0.1, 0.15) is 5.56 Å². The van der Waals surface area contributed by atoms with Gasteiger partial charge in [0.15, 0.2) is 0 Å². The quantitative estimate of drug-likeness (QED) is 0.926. The highest BCUT2D eigenvalue weighted by Crippen LogP contribution is 2.33. The monoisotopic (exact) mass is 341 g/mol. The normalized spacial score (nSPS) is 16.2. The number of fused-ring (bicyclic) bond motifs is 1. The van der Waals surface area contributed by atoms with E-state index in [4.69, 9.17) is 15.3 Å². The highest BCUT2D eigenvalue weighted by molar-refractivity contribution is 5.99. The van der Waals surface area contributed by atoms with Crippen LogP contribution >= 0.6 is 0 Å². The van der Waals surface area contributed by atoms with Crippen LogP contribution in [0.15, 0.2) is 48.5 Å². The van der Waals surface area contributed by atoms with Crippen molar-refractivity contribution in [3.05, 3.63) is 54.1 Å². The molecule has 25 heavy (non-hydrogen) atoms. The third kappa shape index (κ3) is 3.56. The SMILES string of the molecule is CN(C)C(=O)ON1C(=O)C(N)Cc2cc(Oc3ccccc3)ccc21. The van der Waals surface area contributed by atoms with Crippen molar-refractivity contribution in [2.75, 3.05) is 19.2 Å². The molecule has 0 aliphatic carbocycles. The van der Waals surface area contributed by atoms with E-state index in [2.05, 4.69) is 0 Å². The van der Waals surface area contributed by atoms with Gasteiger partial charge in [0.2, 0.25) is 0 Å². The van der Waals surface area contributed by atoms with Crippen LogP contribution in [0.3, 0.4) is 0 Å². The van der Waals surface area contributed by atoms with Crippen molar-refractivity contribution in [2.24, 2.45) is 5.73 Å². The van der Waals surface area contributed by atoms with Gasteiger partial charge in [0.05, 0.1) is 11.7 Å². The summed E-state index contributed by atoms with van der Waals surface area (Å²) in [6.45, 7) is 0. The Kier molecular flexibility index (Phi) is 4.58. The molecule has 0 saturated heterocycles. The van der Waals surface area contributed by atoms with Crippen molar-refractivity contribution in [1.29, 1.82) is 0 Å². The van der Waals surface area contributed by atoms with Gasteiger partial charge in [0.25, 0.3) is 5.91 Å². The number of hydrogen-bond acceptors (Lipinski definition) is 5. The van der Waals surface area contributed by atoms with Crippen LogP contribution in [0.5, 0.6) is 11.5 Å². The van der Waals surface area contributed by atoms with Crippen LogP contribution in [0.2, 0.25) is 0 Å². The number of carbonyl (C=O) groups excluding carboxylic acids is 2. The van der Waals surface area contributed by atoms with Crippen LogP contribution in [-0.4, -0.2) is 37.0 Å². The molecule has 1 heterocycles. The third-order valence-corrected chi connectivity index (χ3v) is 3.74. The van der Waals surface area contributed by atoms with Crippen LogP contribution in [0, 0.1) is 0 Å². The van der Waals surface area contributed by atoms with Crippen molar-refractivity contribution in [3.8, 4) is 11.5 Å². The first-order valence-corrected chi connectivity index (χ1v) is 7.80. The van der Waals surface area contributed by atoms with E-state index in [-0.39, 0.29) is 0 Å². The van der Waals surface area contributed by atoms with Gasteiger partial charge in [-0.1, -0.05) is 18.2 Å². The number of anilines is 1. The lowest BCUT2D eigenvalue weighted by molar-refractivity contribution is -0.125. The summed E-state index contributed by atoms with van der Waals surface area (Å²) in [5, 5.41) is 0.956. The van der Waals surface area contributed by atoms with E-state index in [9.17, 15) is 9.59 Å². The molecule has 0 spiro atoms. The van der Waals surface area contributed by atoms with Gasteiger partial charge in [0.1, 0.15) is 11.5 Å². The van der Waals surface area contributed by atoms with Gasteiger partial charge in [-0.15, -0.1) is 5.06 Å². The van der Waals surface area contributed by atoms with Crippen molar-refractivity contribution in [3.63, 3.8) is 0 Å². The number of ether oxygens (including phenoxy) is 1. The number of hydrogen-bond donors (Lipinski definition) is 1. The Balaban J connectivity index is 1.89. The Hall–Kier alpha value is -3.06. The van der Waals surface area contributed by atoms with Crippen molar-refractivity contribution < 1.29 is 19.2 Å². The van der Waals surface area contributed by atoms with Crippen molar-refractivity contribution in [2.45, 2.75) is 12.5 Å². The van der Waals surface area contributed by atoms with Crippen molar-refractivity contribution in [1.82, 2.24) is 4.90 Å². The van der Waals surface area contributed by atoms with E-state index in [1.807, 2.05) is 30.3 Å². The molecule has 0 aromatic heterocycles. The molecule has 0 bridgehead atoms. The Morgan fingerprint density at radius 2 is 1.88 bits per heavy atom. The third-order valence-electron chi connectivity index (χ3n) is 3.74. The number of para-hydroxylation sites is 1. The lowest BCUT2D eigenvalue weighted by Crippen LogP contribution is -2.50. The number of nitrogens with two attached hydrogens (primary N) is 1. The first kappa shape index (κ1) is 16.8. The van der Waals surface area contributed by atoms with Crippen molar-refractivity contribution >= 4 is 17.7 Å². The topological polar surface area (TPSA) is 85.1 Å². The largest absolute Gasteiger partial charge is 0.457 e. The summed E-state index contributed by atoms with van der Waals surface area (Å²) < 4.78 is 5.80. The number of hydroxylamine groups is 1. The summed E-state index contributed by atoms with van der Waals surface area (Å²) in [4.78, 5) is 30.5. The summed E-state index contributed by atoms with van der Waals surface area (Å²) >= 11 is 0. The minimum Gasteiger partial charge on any atom is -0.457 e.